The Morgan fingerprint density at radius 1 is 1.19 bits per heavy atom. The molecule has 0 radical (unpaired) electrons. The Bertz CT molecular complexity index is 832. The van der Waals surface area contributed by atoms with Gasteiger partial charge in [-0.1, -0.05) is 17.7 Å². The third-order valence-electron chi connectivity index (χ3n) is 3.60. The Morgan fingerprint density at radius 2 is 1.92 bits per heavy atom. The fourth-order valence-corrected chi connectivity index (χ4v) is 2.50. The predicted molar refractivity (Wildman–Crippen MR) is 98.2 cm³/mol. The second-order valence-electron chi connectivity index (χ2n) is 5.82. The first kappa shape index (κ1) is 19.5. The third kappa shape index (κ3) is 5.35. The van der Waals surface area contributed by atoms with E-state index in [0.29, 0.717) is 27.8 Å². The molecule has 0 bridgehead atoms. The Balaban J connectivity index is 1.82. The maximum atomic E-state index is 12.1. The zero-order valence-electron chi connectivity index (χ0n) is 14.8. The fourth-order valence-electron chi connectivity index (χ4n) is 2.31. The molecular weight excluding hydrogens is 358 g/mol. The predicted octanol–water partition coefficient (Wildman–Crippen LogP) is 2.38. The Hall–Kier alpha value is -2.80. The highest BCUT2D eigenvalue weighted by atomic mass is 35.5. The lowest BCUT2D eigenvalue weighted by Gasteiger charge is -2.17. The molecule has 7 nitrogen and oxygen atoms in total. The number of amides is 3. The van der Waals surface area contributed by atoms with Crippen molar-refractivity contribution < 1.29 is 18.8 Å². The summed E-state index contributed by atoms with van der Waals surface area (Å²) in [5, 5.41) is 5.68. The number of halogens is 1. The monoisotopic (exact) mass is 377 g/mol. The van der Waals surface area contributed by atoms with Gasteiger partial charge in [0, 0.05) is 17.8 Å². The zero-order chi connectivity index (χ0) is 19.3. The molecule has 138 valence electrons. The fraction of sp³-hybridized carbons (Fsp3) is 0.278. The van der Waals surface area contributed by atoms with E-state index in [9.17, 15) is 14.4 Å². The summed E-state index contributed by atoms with van der Waals surface area (Å²) in [6.45, 7) is 3.05. The standard InChI is InChI=1S/C18H20ClN3O4/c1-11-7-15(12(2)26-11)18(25)20-9-17(24)22(3)10-16(23)21-14-6-4-5-13(19)8-14/h4-8H,9-10H2,1-3H3,(H,20,25)(H,21,23). The molecule has 8 heteroatoms. The summed E-state index contributed by atoms with van der Waals surface area (Å²) in [4.78, 5) is 37.4. The number of hydrogen-bond donors (Lipinski definition) is 2. The highest BCUT2D eigenvalue weighted by molar-refractivity contribution is 6.30. The smallest absolute Gasteiger partial charge is 0.255 e. The lowest BCUT2D eigenvalue weighted by molar-refractivity contribution is -0.132. The third-order valence-corrected chi connectivity index (χ3v) is 3.84. The van der Waals surface area contributed by atoms with Crippen LogP contribution in [0, 0.1) is 13.8 Å². The van der Waals surface area contributed by atoms with Crippen molar-refractivity contribution in [2.45, 2.75) is 13.8 Å². The van der Waals surface area contributed by atoms with Gasteiger partial charge in [-0.15, -0.1) is 0 Å². The van der Waals surface area contributed by atoms with Gasteiger partial charge in [0.25, 0.3) is 5.91 Å². The first-order valence-electron chi connectivity index (χ1n) is 7.91. The number of nitrogens with one attached hydrogen (secondary N) is 2. The van der Waals surface area contributed by atoms with Crippen LogP contribution in [-0.2, 0) is 9.59 Å². The summed E-state index contributed by atoms with van der Waals surface area (Å²) in [5.41, 5.74) is 0.930. The van der Waals surface area contributed by atoms with Gasteiger partial charge in [0.15, 0.2) is 0 Å². The van der Waals surface area contributed by atoms with E-state index in [1.54, 1.807) is 44.2 Å². The molecule has 1 aromatic heterocycles. The summed E-state index contributed by atoms with van der Waals surface area (Å²) >= 11 is 5.86. The van der Waals surface area contributed by atoms with E-state index < -0.39 is 11.8 Å². The number of carbonyl (C=O) groups is 3. The van der Waals surface area contributed by atoms with Gasteiger partial charge in [-0.05, 0) is 38.1 Å². The van der Waals surface area contributed by atoms with Crippen molar-refractivity contribution >= 4 is 35.0 Å². The minimum absolute atomic E-state index is 0.148. The van der Waals surface area contributed by atoms with Crippen molar-refractivity contribution in [1.82, 2.24) is 10.2 Å². The molecule has 3 amide bonds. The van der Waals surface area contributed by atoms with Crippen molar-refractivity contribution in [1.29, 1.82) is 0 Å². The molecule has 2 N–H and O–H groups in total. The highest BCUT2D eigenvalue weighted by Crippen LogP contribution is 2.15. The number of nitrogens with zero attached hydrogens (tertiary/aromatic N) is 1. The number of likely N-dealkylation sites (N-methyl/N-ethyl adjacent to an activating group) is 1. The molecule has 0 unspecified atom stereocenters. The number of benzene rings is 1. The molecule has 0 saturated carbocycles. The van der Waals surface area contributed by atoms with Gasteiger partial charge in [-0.25, -0.2) is 0 Å². The van der Waals surface area contributed by atoms with E-state index in [1.165, 1.54) is 11.9 Å². The van der Waals surface area contributed by atoms with Crippen LogP contribution in [0.2, 0.25) is 5.02 Å². The van der Waals surface area contributed by atoms with Crippen molar-refractivity contribution in [3.05, 3.63) is 52.4 Å². The van der Waals surface area contributed by atoms with Crippen molar-refractivity contribution in [3.63, 3.8) is 0 Å². The average Bonchev–Trinajstić information content (AvgIpc) is 2.90. The SMILES string of the molecule is Cc1cc(C(=O)NCC(=O)N(C)CC(=O)Nc2cccc(Cl)c2)c(C)o1. The van der Waals surface area contributed by atoms with Gasteiger partial charge in [-0.3, -0.25) is 14.4 Å². The second kappa shape index (κ2) is 8.53. The van der Waals surface area contributed by atoms with Crippen LogP contribution >= 0.6 is 11.6 Å². The number of anilines is 1. The minimum atomic E-state index is -0.399. The topological polar surface area (TPSA) is 91.7 Å². The summed E-state index contributed by atoms with van der Waals surface area (Å²) in [6, 6.07) is 8.32. The van der Waals surface area contributed by atoms with Crippen LogP contribution in [0.15, 0.2) is 34.7 Å². The number of rotatable bonds is 6. The quantitative estimate of drug-likeness (QED) is 0.808. The van der Waals surface area contributed by atoms with E-state index in [0.717, 1.165) is 0 Å². The summed E-state index contributed by atoms with van der Waals surface area (Å²) in [7, 11) is 1.49. The largest absolute Gasteiger partial charge is 0.466 e. The van der Waals surface area contributed by atoms with Crippen LogP contribution in [0.25, 0.3) is 0 Å². The molecule has 0 saturated heterocycles. The molecule has 2 rings (SSSR count). The van der Waals surface area contributed by atoms with E-state index in [2.05, 4.69) is 10.6 Å². The molecule has 0 atom stereocenters. The van der Waals surface area contributed by atoms with Crippen LogP contribution in [0.5, 0.6) is 0 Å². The molecular formula is C18H20ClN3O4. The molecule has 2 aromatic rings. The van der Waals surface area contributed by atoms with Crippen molar-refractivity contribution in [3.8, 4) is 0 Å². The molecule has 0 fully saturated rings. The molecule has 0 aliphatic carbocycles. The number of hydrogen-bond acceptors (Lipinski definition) is 4. The van der Waals surface area contributed by atoms with E-state index >= 15 is 0 Å². The molecule has 1 heterocycles. The highest BCUT2D eigenvalue weighted by Gasteiger charge is 2.17. The number of carbonyl (C=O) groups excluding carboxylic acids is 3. The maximum Gasteiger partial charge on any atom is 0.255 e. The summed E-state index contributed by atoms with van der Waals surface area (Å²) in [5.74, 6) is -0.0480. The molecule has 0 spiro atoms. The van der Waals surface area contributed by atoms with E-state index in [4.69, 9.17) is 16.0 Å². The first-order chi connectivity index (χ1) is 12.3. The van der Waals surface area contributed by atoms with Gasteiger partial charge < -0.3 is 20.0 Å². The van der Waals surface area contributed by atoms with Gasteiger partial charge in [-0.2, -0.15) is 0 Å². The molecule has 1 aromatic carbocycles. The Labute approximate surface area is 156 Å². The molecule has 0 aliphatic heterocycles. The van der Waals surface area contributed by atoms with E-state index in [-0.39, 0.29) is 19.0 Å². The molecule has 0 aliphatic rings. The first-order valence-corrected chi connectivity index (χ1v) is 8.28. The Kier molecular flexibility index (Phi) is 6.41. The van der Waals surface area contributed by atoms with Gasteiger partial charge in [0.05, 0.1) is 18.7 Å². The van der Waals surface area contributed by atoms with Crippen LogP contribution < -0.4 is 10.6 Å². The molecule has 26 heavy (non-hydrogen) atoms. The number of aryl methyl sites for hydroxylation is 2. The van der Waals surface area contributed by atoms with Crippen LogP contribution in [0.3, 0.4) is 0 Å². The van der Waals surface area contributed by atoms with Crippen molar-refractivity contribution in [2.75, 3.05) is 25.5 Å². The summed E-state index contributed by atoms with van der Waals surface area (Å²) in [6.07, 6.45) is 0. The van der Waals surface area contributed by atoms with Crippen LogP contribution in [0.1, 0.15) is 21.9 Å². The summed E-state index contributed by atoms with van der Waals surface area (Å²) < 4.78 is 5.29. The van der Waals surface area contributed by atoms with Gasteiger partial charge in [0.1, 0.15) is 11.5 Å². The number of furan rings is 1. The average molecular weight is 378 g/mol. The second-order valence-corrected chi connectivity index (χ2v) is 6.25. The normalized spacial score (nSPS) is 10.3. The minimum Gasteiger partial charge on any atom is -0.466 e. The zero-order valence-corrected chi connectivity index (χ0v) is 15.5. The Morgan fingerprint density at radius 3 is 2.54 bits per heavy atom. The lowest BCUT2D eigenvalue weighted by Crippen LogP contribution is -2.41. The van der Waals surface area contributed by atoms with E-state index in [1.807, 2.05) is 0 Å². The van der Waals surface area contributed by atoms with Gasteiger partial charge in [0.2, 0.25) is 11.8 Å². The van der Waals surface area contributed by atoms with Crippen LogP contribution in [-0.4, -0.2) is 42.8 Å². The maximum absolute atomic E-state index is 12.1. The van der Waals surface area contributed by atoms with Crippen LogP contribution in [0.4, 0.5) is 5.69 Å². The lowest BCUT2D eigenvalue weighted by atomic mass is 10.2. The van der Waals surface area contributed by atoms with Crippen molar-refractivity contribution in [2.24, 2.45) is 0 Å². The van der Waals surface area contributed by atoms with Gasteiger partial charge >= 0.3 is 0 Å².